The zero-order chi connectivity index (χ0) is 15.0. The van der Waals surface area contributed by atoms with Crippen molar-refractivity contribution in [2.45, 2.75) is 25.7 Å². The van der Waals surface area contributed by atoms with Crippen LogP contribution in [-0.4, -0.2) is 59.0 Å². The zero-order valence-electron chi connectivity index (χ0n) is 12.6. The highest BCUT2D eigenvalue weighted by molar-refractivity contribution is 7.87. The third-order valence-electron chi connectivity index (χ3n) is 3.50. The van der Waals surface area contributed by atoms with Crippen LogP contribution >= 0.6 is 12.4 Å². The van der Waals surface area contributed by atoms with Crippen molar-refractivity contribution in [3.63, 3.8) is 0 Å². The number of rotatable bonds is 8. The van der Waals surface area contributed by atoms with Crippen LogP contribution in [0.4, 0.5) is 0 Å². The van der Waals surface area contributed by atoms with Gasteiger partial charge in [0, 0.05) is 20.1 Å². The zero-order valence-corrected chi connectivity index (χ0v) is 14.3. The molecule has 0 radical (unpaired) electrons. The summed E-state index contributed by atoms with van der Waals surface area (Å²) in [6.07, 6.45) is 3.18. The van der Waals surface area contributed by atoms with Crippen LogP contribution in [0, 0.1) is 5.92 Å². The lowest BCUT2D eigenvalue weighted by Crippen LogP contribution is -2.40. The monoisotopic (exact) mass is 343 g/mol. The Balaban J connectivity index is 0.00000400. The van der Waals surface area contributed by atoms with Gasteiger partial charge in [0.05, 0.1) is 13.5 Å². The van der Waals surface area contributed by atoms with E-state index < -0.39 is 16.2 Å². The smallest absolute Gasteiger partial charge is 0.306 e. The van der Waals surface area contributed by atoms with Crippen molar-refractivity contribution in [3.8, 4) is 0 Å². The van der Waals surface area contributed by atoms with E-state index in [-0.39, 0.29) is 25.4 Å². The van der Waals surface area contributed by atoms with Gasteiger partial charge in [-0.1, -0.05) is 0 Å². The second kappa shape index (κ2) is 10.3. The molecule has 0 aromatic rings. The molecule has 2 N–H and O–H groups in total. The maximum Gasteiger partial charge on any atom is 0.306 e. The Hall–Kier alpha value is -0.410. The van der Waals surface area contributed by atoms with Crippen LogP contribution in [0.1, 0.15) is 25.7 Å². The average Bonchev–Trinajstić information content (AvgIpc) is 2.45. The number of nitrogens with one attached hydrogen (secondary N) is 2. The summed E-state index contributed by atoms with van der Waals surface area (Å²) in [6, 6.07) is 0. The Morgan fingerprint density at radius 2 is 2.19 bits per heavy atom. The Morgan fingerprint density at radius 3 is 2.76 bits per heavy atom. The van der Waals surface area contributed by atoms with Gasteiger partial charge < -0.3 is 10.1 Å². The fourth-order valence-corrected chi connectivity index (χ4v) is 3.07. The van der Waals surface area contributed by atoms with E-state index in [1.165, 1.54) is 14.2 Å². The molecule has 9 heteroatoms. The molecule has 1 rings (SSSR count). The number of carbonyl (C=O) groups is 1. The van der Waals surface area contributed by atoms with Crippen LogP contribution in [0.3, 0.4) is 0 Å². The van der Waals surface area contributed by atoms with Gasteiger partial charge >= 0.3 is 5.97 Å². The van der Waals surface area contributed by atoms with E-state index in [4.69, 9.17) is 0 Å². The van der Waals surface area contributed by atoms with E-state index in [2.05, 4.69) is 14.8 Å². The van der Waals surface area contributed by atoms with Crippen LogP contribution in [0.15, 0.2) is 0 Å². The Morgan fingerprint density at radius 1 is 1.48 bits per heavy atom. The first-order chi connectivity index (χ1) is 9.45. The number of hydrogen-bond donors (Lipinski definition) is 2. The van der Waals surface area contributed by atoms with E-state index in [0.29, 0.717) is 12.5 Å². The highest BCUT2D eigenvalue weighted by atomic mass is 35.5. The minimum absolute atomic E-state index is 0. The normalized spacial score (nSPS) is 19.1. The predicted octanol–water partition coefficient (Wildman–Crippen LogP) is 0.127. The molecule has 1 unspecified atom stereocenters. The Bertz CT molecular complexity index is 399. The van der Waals surface area contributed by atoms with Crippen LogP contribution in [0.25, 0.3) is 0 Å². The van der Waals surface area contributed by atoms with Crippen LogP contribution in [0.2, 0.25) is 0 Å². The molecular weight excluding hydrogens is 318 g/mol. The van der Waals surface area contributed by atoms with Gasteiger partial charge in [-0.05, 0) is 38.3 Å². The SMILES string of the molecule is COC(=O)CCN(C)S(=O)(=O)NCCC1CCCNC1.Cl. The fourth-order valence-electron chi connectivity index (χ4n) is 2.14. The van der Waals surface area contributed by atoms with Gasteiger partial charge in [0.2, 0.25) is 0 Å². The standard InChI is InChI=1S/C12H25N3O4S.ClH/c1-15(9-6-12(16)19-2)20(17,18)14-8-5-11-4-3-7-13-10-11;/h11,13-14H,3-10H2,1-2H3;1H. The average molecular weight is 344 g/mol. The predicted molar refractivity (Wildman–Crippen MR) is 83.6 cm³/mol. The van der Waals surface area contributed by atoms with Crippen molar-refractivity contribution in [1.82, 2.24) is 14.3 Å². The summed E-state index contributed by atoms with van der Waals surface area (Å²) in [5.74, 6) is 0.118. The van der Waals surface area contributed by atoms with Gasteiger partial charge in [0.1, 0.15) is 0 Å². The summed E-state index contributed by atoms with van der Waals surface area (Å²) in [4.78, 5) is 11.0. The molecule has 1 aliphatic heterocycles. The van der Waals surface area contributed by atoms with E-state index in [1.54, 1.807) is 0 Å². The lowest BCUT2D eigenvalue weighted by Gasteiger charge is -2.23. The molecule has 21 heavy (non-hydrogen) atoms. The number of esters is 1. The largest absolute Gasteiger partial charge is 0.469 e. The molecular formula is C12H26ClN3O4S. The number of piperidine rings is 1. The minimum atomic E-state index is -3.51. The first-order valence-electron chi connectivity index (χ1n) is 6.94. The first-order valence-corrected chi connectivity index (χ1v) is 8.38. The third kappa shape index (κ3) is 7.96. The van der Waals surface area contributed by atoms with Gasteiger partial charge in [-0.15, -0.1) is 12.4 Å². The number of hydrogen-bond acceptors (Lipinski definition) is 5. The fraction of sp³-hybridized carbons (Fsp3) is 0.917. The van der Waals surface area contributed by atoms with E-state index in [9.17, 15) is 13.2 Å². The molecule has 0 amide bonds. The molecule has 1 fully saturated rings. The molecule has 0 aromatic carbocycles. The molecule has 0 aromatic heterocycles. The van der Waals surface area contributed by atoms with Gasteiger partial charge in [0.25, 0.3) is 10.2 Å². The highest BCUT2D eigenvalue weighted by Gasteiger charge is 2.19. The highest BCUT2D eigenvalue weighted by Crippen LogP contribution is 2.13. The van der Waals surface area contributed by atoms with Gasteiger partial charge in [0.15, 0.2) is 0 Å². The summed E-state index contributed by atoms with van der Waals surface area (Å²) in [5.41, 5.74) is 0. The molecule has 1 atom stereocenters. The maximum absolute atomic E-state index is 11.9. The van der Waals surface area contributed by atoms with Crippen LogP contribution < -0.4 is 10.0 Å². The molecule has 1 heterocycles. The van der Waals surface area contributed by atoms with E-state index in [0.717, 1.165) is 36.7 Å². The molecule has 0 bridgehead atoms. The van der Waals surface area contributed by atoms with Crippen molar-refractivity contribution in [2.75, 3.05) is 40.3 Å². The summed E-state index contributed by atoms with van der Waals surface area (Å²) in [6.45, 7) is 2.56. The van der Waals surface area contributed by atoms with Gasteiger partial charge in [-0.25, -0.2) is 4.72 Å². The first kappa shape index (κ1) is 20.6. The van der Waals surface area contributed by atoms with Gasteiger partial charge in [-0.2, -0.15) is 12.7 Å². The van der Waals surface area contributed by atoms with Crippen molar-refractivity contribution in [2.24, 2.45) is 5.92 Å². The topological polar surface area (TPSA) is 87.7 Å². The molecule has 0 saturated carbocycles. The summed E-state index contributed by atoms with van der Waals surface area (Å²) >= 11 is 0. The van der Waals surface area contributed by atoms with Crippen molar-refractivity contribution < 1.29 is 17.9 Å². The third-order valence-corrected chi connectivity index (χ3v) is 5.08. The van der Waals surface area contributed by atoms with E-state index >= 15 is 0 Å². The lowest BCUT2D eigenvalue weighted by atomic mass is 9.96. The van der Waals surface area contributed by atoms with Crippen LogP contribution in [-0.2, 0) is 19.7 Å². The number of nitrogens with zero attached hydrogens (tertiary/aromatic N) is 1. The summed E-state index contributed by atoms with van der Waals surface area (Å²) in [5, 5.41) is 3.31. The molecule has 126 valence electrons. The molecule has 0 spiro atoms. The number of carbonyl (C=O) groups excluding carboxylic acids is 1. The van der Waals surface area contributed by atoms with Crippen molar-refractivity contribution in [3.05, 3.63) is 0 Å². The van der Waals surface area contributed by atoms with E-state index in [1.807, 2.05) is 0 Å². The Kier molecular flexibility index (Phi) is 10.1. The molecule has 7 nitrogen and oxygen atoms in total. The molecule has 1 saturated heterocycles. The molecule has 1 aliphatic rings. The number of ether oxygens (including phenoxy) is 1. The quantitative estimate of drug-likeness (QED) is 0.611. The second-order valence-corrected chi connectivity index (χ2v) is 6.91. The van der Waals surface area contributed by atoms with Gasteiger partial charge in [-0.3, -0.25) is 4.79 Å². The summed E-state index contributed by atoms with van der Waals surface area (Å²) in [7, 11) is -0.773. The second-order valence-electron chi connectivity index (χ2n) is 5.05. The maximum atomic E-state index is 11.9. The lowest BCUT2D eigenvalue weighted by molar-refractivity contribution is -0.140. The number of halogens is 1. The summed E-state index contributed by atoms with van der Waals surface area (Å²) < 4.78 is 32.0. The van der Waals surface area contributed by atoms with Crippen molar-refractivity contribution in [1.29, 1.82) is 0 Å². The van der Waals surface area contributed by atoms with Crippen molar-refractivity contribution >= 4 is 28.6 Å². The van der Waals surface area contributed by atoms with Crippen LogP contribution in [0.5, 0.6) is 0 Å². The molecule has 0 aliphatic carbocycles. The minimum Gasteiger partial charge on any atom is -0.469 e. The Labute approximate surface area is 133 Å². The number of methoxy groups -OCH3 is 1.